The maximum atomic E-state index is 11.2. The van der Waals surface area contributed by atoms with Crippen molar-refractivity contribution in [1.82, 2.24) is 5.32 Å². The maximum absolute atomic E-state index is 11.2. The van der Waals surface area contributed by atoms with Gasteiger partial charge in [-0.3, -0.25) is 4.79 Å². The van der Waals surface area contributed by atoms with Gasteiger partial charge in [0.05, 0.1) is 5.92 Å². The monoisotopic (exact) mass is 215 g/mol. The van der Waals surface area contributed by atoms with Gasteiger partial charge in [0.1, 0.15) is 12.7 Å². The molecule has 0 aromatic heterocycles. The molecule has 4 nitrogen and oxygen atoms in total. The number of nitrogens with one attached hydrogen (secondary N) is 1. The third kappa shape index (κ3) is 5.74. The number of hydrogen-bond acceptors (Lipinski definition) is 4. The number of aliphatic hydroxyl groups is 1. The minimum absolute atomic E-state index is 0.0263. The normalized spacial score (nSPS) is 18.7. The highest BCUT2D eigenvalue weighted by Gasteiger charge is 2.31. The number of hydrogen-bond donors (Lipinski definition) is 2. The quantitative estimate of drug-likeness (QED) is 0.662. The highest BCUT2D eigenvalue weighted by Crippen LogP contribution is 2.29. The number of rotatable bonds is 5. The van der Waals surface area contributed by atoms with Gasteiger partial charge < -0.3 is 15.2 Å². The lowest BCUT2D eigenvalue weighted by Gasteiger charge is -2.22. The van der Waals surface area contributed by atoms with E-state index in [9.17, 15) is 9.90 Å². The second-order valence-corrected chi connectivity index (χ2v) is 5.19. The van der Waals surface area contributed by atoms with Crippen molar-refractivity contribution in [2.45, 2.75) is 45.3 Å². The Morgan fingerprint density at radius 1 is 1.53 bits per heavy atom. The molecule has 0 radical (unpaired) electrons. The Hall–Kier alpha value is -0.610. The van der Waals surface area contributed by atoms with Gasteiger partial charge in [-0.2, -0.15) is 0 Å². The summed E-state index contributed by atoms with van der Waals surface area (Å²) in [5, 5.41) is 12.7. The van der Waals surface area contributed by atoms with Gasteiger partial charge in [0.25, 0.3) is 0 Å². The van der Waals surface area contributed by atoms with Crippen LogP contribution in [-0.4, -0.2) is 35.9 Å². The Morgan fingerprint density at radius 2 is 2.13 bits per heavy atom. The molecule has 1 atom stereocenters. The molecule has 1 saturated carbocycles. The van der Waals surface area contributed by atoms with Gasteiger partial charge in [0.15, 0.2) is 0 Å². The van der Waals surface area contributed by atoms with Gasteiger partial charge in [0, 0.05) is 12.1 Å². The van der Waals surface area contributed by atoms with E-state index >= 15 is 0 Å². The number of carbonyl (C=O) groups is 1. The Bertz CT molecular complexity index is 218. The molecule has 0 aromatic carbocycles. The van der Waals surface area contributed by atoms with E-state index in [-0.39, 0.29) is 24.0 Å². The van der Waals surface area contributed by atoms with Crippen LogP contribution in [0.3, 0.4) is 0 Å². The van der Waals surface area contributed by atoms with Crippen molar-refractivity contribution < 1.29 is 14.6 Å². The van der Waals surface area contributed by atoms with Crippen LogP contribution in [0.1, 0.15) is 33.6 Å². The Labute approximate surface area is 91.0 Å². The van der Waals surface area contributed by atoms with Crippen molar-refractivity contribution in [3.63, 3.8) is 0 Å². The first kappa shape index (κ1) is 12.5. The number of carbonyl (C=O) groups excluding carboxylic acids is 1. The number of ether oxygens (including phenoxy) is 1. The van der Waals surface area contributed by atoms with E-state index in [0.717, 1.165) is 12.8 Å². The standard InChI is InChI=1S/C11H21NO3/c1-11(2,3)12-6-9(13)7-15-10(14)8-4-5-8/h8-9,12-13H,4-7H2,1-3H3. The van der Waals surface area contributed by atoms with E-state index in [1.54, 1.807) is 0 Å². The van der Waals surface area contributed by atoms with Crippen molar-refractivity contribution >= 4 is 5.97 Å². The molecule has 0 saturated heterocycles. The molecular weight excluding hydrogens is 194 g/mol. The molecule has 88 valence electrons. The fourth-order valence-electron chi connectivity index (χ4n) is 1.10. The molecule has 0 heterocycles. The third-order valence-electron chi connectivity index (χ3n) is 2.20. The van der Waals surface area contributed by atoms with E-state index in [2.05, 4.69) is 5.32 Å². The third-order valence-corrected chi connectivity index (χ3v) is 2.20. The lowest BCUT2D eigenvalue weighted by atomic mass is 10.1. The highest BCUT2D eigenvalue weighted by atomic mass is 16.5. The van der Waals surface area contributed by atoms with Crippen LogP contribution in [0.2, 0.25) is 0 Å². The number of aliphatic hydroxyl groups excluding tert-OH is 1. The maximum Gasteiger partial charge on any atom is 0.309 e. The van der Waals surface area contributed by atoms with E-state index < -0.39 is 6.10 Å². The summed E-state index contributed by atoms with van der Waals surface area (Å²) < 4.78 is 4.96. The van der Waals surface area contributed by atoms with Crippen LogP contribution >= 0.6 is 0 Å². The topological polar surface area (TPSA) is 58.6 Å². The predicted molar refractivity (Wildman–Crippen MR) is 57.4 cm³/mol. The van der Waals surface area contributed by atoms with Crippen molar-refractivity contribution in [3.8, 4) is 0 Å². The first-order valence-electron chi connectivity index (χ1n) is 5.48. The van der Waals surface area contributed by atoms with Crippen LogP contribution in [0, 0.1) is 5.92 Å². The second-order valence-electron chi connectivity index (χ2n) is 5.19. The molecular formula is C11H21NO3. The van der Waals surface area contributed by atoms with Crippen LogP contribution in [0.4, 0.5) is 0 Å². The van der Waals surface area contributed by atoms with E-state index in [0.29, 0.717) is 6.54 Å². The van der Waals surface area contributed by atoms with Crippen LogP contribution in [-0.2, 0) is 9.53 Å². The minimum atomic E-state index is -0.619. The Morgan fingerprint density at radius 3 is 2.60 bits per heavy atom. The van der Waals surface area contributed by atoms with Crippen LogP contribution in [0.15, 0.2) is 0 Å². The highest BCUT2D eigenvalue weighted by molar-refractivity contribution is 5.74. The molecule has 1 unspecified atom stereocenters. The number of esters is 1. The molecule has 1 rings (SSSR count). The summed E-state index contributed by atoms with van der Waals surface area (Å²) in [5.74, 6) is -0.0578. The van der Waals surface area contributed by atoms with Gasteiger partial charge in [-0.25, -0.2) is 0 Å². The molecule has 0 aromatic rings. The predicted octanol–water partition coefficient (Wildman–Crippen LogP) is 0.689. The molecule has 1 aliphatic rings. The van der Waals surface area contributed by atoms with E-state index in [1.807, 2.05) is 20.8 Å². The molecule has 15 heavy (non-hydrogen) atoms. The fraction of sp³-hybridized carbons (Fsp3) is 0.909. The van der Waals surface area contributed by atoms with E-state index in [4.69, 9.17) is 4.74 Å². The summed E-state index contributed by atoms with van der Waals surface area (Å²) in [6.45, 7) is 6.61. The molecule has 1 fully saturated rings. The zero-order valence-electron chi connectivity index (χ0n) is 9.75. The van der Waals surface area contributed by atoms with Gasteiger partial charge in [-0.05, 0) is 33.6 Å². The average Bonchev–Trinajstić information content (AvgIpc) is 2.92. The van der Waals surface area contributed by atoms with Crippen molar-refractivity contribution in [2.24, 2.45) is 5.92 Å². The molecule has 0 spiro atoms. The Balaban J connectivity index is 2.07. The molecule has 0 aliphatic heterocycles. The lowest BCUT2D eigenvalue weighted by Crippen LogP contribution is -2.42. The average molecular weight is 215 g/mol. The second kappa shape index (κ2) is 4.94. The van der Waals surface area contributed by atoms with Gasteiger partial charge >= 0.3 is 5.97 Å². The van der Waals surface area contributed by atoms with E-state index in [1.165, 1.54) is 0 Å². The van der Waals surface area contributed by atoms with Crippen molar-refractivity contribution in [3.05, 3.63) is 0 Å². The fourth-order valence-corrected chi connectivity index (χ4v) is 1.10. The van der Waals surface area contributed by atoms with Crippen LogP contribution in [0.25, 0.3) is 0 Å². The summed E-state index contributed by atoms with van der Waals surface area (Å²) in [6, 6.07) is 0. The van der Waals surface area contributed by atoms with Crippen molar-refractivity contribution in [2.75, 3.05) is 13.2 Å². The Kier molecular flexibility index (Phi) is 4.11. The van der Waals surface area contributed by atoms with Gasteiger partial charge in [-0.1, -0.05) is 0 Å². The first-order chi connectivity index (χ1) is 6.88. The minimum Gasteiger partial charge on any atom is -0.463 e. The lowest BCUT2D eigenvalue weighted by molar-refractivity contribution is -0.148. The largest absolute Gasteiger partial charge is 0.463 e. The summed E-state index contributed by atoms with van der Waals surface area (Å²) in [4.78, 5) is 11.2. The smallest absolute Gasteiger partial charge is 0.309 e. The molecule has 0 amide bonds. The van der Waals surface area contributed by atoms with Crippen molar-refractivity contribution in [1.29, 1.82) is 0 Å². The molecule has 0 bridgehead atoms. The summed E-state index contributed by atoms with van der Waals surface area (Å²) >= 11 is 0. The summed E-state index contributed by atoms with van der Waals surface area (Å²) in [5.41, 5.74) is -0.0263. The molecule has 2 N–H and O–H groups in total. The first-order valence-corrected chi connectivity index (χ1v) is 5.48. The van der Waals surface area contributed by atoms with Crippen LogP contribution in [0.5, 0.6) is 0 Å². The molecule has 4 heteroatoms. The SMILES string of the molecule is CC(C)(C)NCC(O)COC(=O)C1CC1. The summed E-state index contributed by atoms with van der Waals surface area (Å²) in [6.07, 6.45) is 1.26. The van der Waals surface area contributed by atoms with Crippen LogP contribution < -0.4 is 5.32 Å². The zero-order valence-corrected chi connectivity index (χ0v) is 9.75. The van der Waals surface area contributed by atoms with Gasteiger partial charge in [-0.15, -0.1) is 0 Å². The van der Waals surface area contributed by atoms with Gasteiger partial charge in [0.2, 0.25) is 0 Å². The summed E-state index contributed by atoms with van der Waals surface area (Å²) in [7, 11) is 0. The zero-order chi connectivity index (χ0) is 11.5. The number of β-amino-alcohol motifs (C(OH)–C–C–N with tert-alkyl or cyclic N) is 1. The molecule has 1 aliphatic carbocycles.